The van der Waals surface area contributed by atoms with Crippen LogP contribution in [0.5, 0.6) is 5.75 Å². The first-order valence-electron chi connectivity index (χ1n) is 5.72. The molecule has 0 amide bonds. The van der Waals surface area contributed by atoms with Gasteiger partial charge in [0, 0.05) is 5.56 Å². The van der Waals surface area contributed by atoms with Gasteiger partial charge in [-0.2, -0.15) is 5.10 Å². The second-order valence-electron chi connectivity index (χ2n) is 3.98. The first kappa shape index (κ1) is 13.1. The average molecular weight is 264 g/mol. The molecule has 0 aliphatic rings. The molecule has 0 saturated carbocycles. The van der Waals surface area contributed by atoms with E-state index in [-0.39, 0.29) is 11.4 Å². The highest BCUT2D eigenvalue weighted by molar-refractivity contribution is 5.87. The number of aryl methyl sites for hydroxylation is 1. The topological polar surface area (TPSA) is 75.2 Å². The van der Waals surface area contributed by atoms with Crippen LogP contribution in [0.2, 0.25) is 0 Å². The van der Waals surface area contributed by atoms with Gasteiger partial charge in [0.1, 0.15) is 5.69 Å². The van der Waals surface area contributed by atoms with Crippen molar-refractivity contribution in [2.45, 2.75) is 13.3 Å². The third-order valence-electron chi connectivity index (χ3n) is 2.80. The van der Waals surface area contributed by atoms with Gasteiger partial charge in [0.25, 0.3) is 0 Å². The van der Waals surface area contributed by atoms with Crippen LogP contribution in [-0.2, 0) is 6.42 Å². The van der Waals surface area contributed by atoms with Crippen molar-refractivity contribution in [2.75, 3.05) is 7.11 Å². The molecule has 6 heteroatoms. The number of aromatic carboxylic acids is 1. The summed E-state index contributed by atoms with van der Waals surface area (Å²) in [6.45, 7) is 1.90. The molecule has 0 unspecified atom stereocenters. The molecule has 2 N–H and O–H groups in total. The number of ether oxygens (including phenoxy) is 1. The molecule has 5 nitrogen and oxygen atoms in total. The number of carboxylic acids is 1. The maximum absolute atomic E-state index is 13.9. The minimum atomic E-state index is -1.12. The van der Waals surface area contributed by atoms with Gasteiger partial charge in [-0.25, -0.2) is 9.18 Å². The first-order chi connectivity index (χ1) is 9.06. The quantitative estimate of drug-likeness (QED) is 0.889. The fraction of sp³-hybridized carbons (Fsp3) is 0.231. The van der Waals surface area contributed by atoms with Gasteiger partial charge in [-0.05, 0) is 30.2 Å². The fourth-order valence-electron chi connectivity index (χ4n) is 1.82. The Balaban J connectivity index is 2.58. The largest absolute Gasteiger partial charge is 0.493 e. The molecule has 19 heavy (non-hydrogen) atoms. The minimum absolute atomic E-state index is 0.0561. The van der Waals surface area contributed by atoms with E-state index in [1.165, 1.54) is 19.2 Å². The van der Waals surface area contributed by atoms with Crippen LogP contribution in [0.4, 0.5) is 4.39 Å². The number of carbonyl (C=O) groups is 1. The van der Waals surface area contributed by atoms with Crippen molar-refractivity contribution >= 4 is 5.97 Å². The lowest BCUT2D eigenvalue weighted by Gasteiger charge is -2.09. The van der Waals surface area contributed by atoms with E-state index in [0.29, 0.717) is 17.7 Å². The Labute approximate surface area is 109 Å². The normalized spacial score (nSPS) is 10.5. The van der Waals surface area contributed by atoms with E-state index in [1.807, 2.05) is 6.92 Å². The smallest absolute Gasteiger partial charge is 0.353 e. The number of halogens is 1. The van der Waals surface area contributed by atoms with E-state index in [0.717, 1.165) is 5.56 Å². The maximum Gasteiger partial charge on any atom is 0.353 e. The van der Waals surface area contributed by atoms with E-state index >= 15 is 0 Å². The number of methoxy groups -OCH3 is 1. The molecule has 0 atom stereocenters. The Hall–Kier alpha value is -2.37. The van der Waals surface area contributed by atoms with Crippen LogP contribution in [0.3, 0.4) is 0 Å². The number of hydrogen-bond acceptors (Lipinski definition) is 3. The zero-order valence-corrected chi connectivity index (χ0v) is 10.5. The van der Waals surface area contributed by atoms with E-state index in [4.69, 9.17) is 9.84 Å². The summed E-state index contributed by atoms with van der Waals surface area (Å²) in [6.07, 6.45) is 0.657. The van der Waals surface area contributed by atoms with Crippen LogP contribution in [0.15, 0.2) is 18.2 Å². The molecule has 0 aliphatic carbocycles. The molecule has 0 bridgehead atoms. The van der Waals surface area contributed by atoms with Gasteiger partial charge in [0.15, 0.2) is 11.6 Å². The highest BCUT2D eigenvalue weighted by atomic mass is 19.1. The molecule has 1 heterocycles. The van der Waals surface area contributed by atoms with Gasteiger partial charge in [-0.1, -0.05) is 6.92 Å². The number of aromatic nitrogens is 2. The molecule has 100 valence electrons. The van der Waals surface area contributed by atoms with Crippen molar-refractivity contribution < 1.29 is 19.0 Å². The van der Waals surface area contributed by atoms with Crippen molar-refractivity contribution in [3.63, 3.8) is 0 Å². The minimum Gasteiger partial charge on any atom is -0.493 e. The zero-order chi connectivity index (χ0) is 14.0. The third kappa shape index (κ3) is 2.42. The number of H-pyrrole nitrogens is 1. The van der Waals surface area contributed by atoms with Gasteiger partial charge in [-0.15, -0.1) is 0 Å². The monoisotopic (exact) mass is 264 g/mol. The maximum atomic E-state index is 13.9. The standard InChI is InChI=1S/C13H13FN2O3/c1-3-7-4-8(12(19-2)9(14)5-7)10-6-11(13(17)18)16-15-10/h4-6H,3H2,1-2H3,(H,15,16)(H,17,18). The number of carboxylic acid groups (broad SMARTS) is 1. The van der Waals surface area contributed by atoms with E-state index < -0.39 is 11.8 Å². The van der Waals surface area contributed by atoms with E-state index in [1.54, 1.807) is 6.07 Å². The van der Waals surface area contributed by atoms with Gasteiger partial charge in [-0.3, -0.25) is 5.10 Å². The van der Waals surface area contributed by atoms with Crippen LogP contribution < -0.4 is 4.74 Å². The van der Waals surface area contributed by atoms with Crippen LogP contribution >= 0.6 is 0 Å². The lowest BCUT2D eigenvalue weighted by atomic mass is 10.0. The van der Waals surface area contributed by atoms with Gasteiger partial charge < -0.3 is 9.84 Å². The fourth-order valence-corrected chi connectivity index (χ4v) is 1.82. The molecular formula is C13H13FN2O3. The predicted molar refractivity (Wildman–Crippen MR) is 66.9 cm³/mol. The van der Waals surface area contributed by atoms with Crippen LogP contribution in [0.25, 0.3) is 11.3 Å². The summed E-state index contributed by atoms with van der Waals surface area (Å²) in [6, 6.07) is 4.48. The second-order valence-corrected chi connectivity index (χ2v) is 3.98. The Morgan fingerprint density at radius 1 is 1.47 bits per heavy atom. The number of benzene rings is 1. The molecule has 0 fully saturated rings. The molecular weight excluding hydrogens is 251 g/mol. The van der Waals surface area contributed by atoms with Crippen molar-refractivity contribution in [3.8, 4) is 17.0 Å². The van der Waals surface area contributed by atoms with Crippen LogP contribution in [0.1, 0.15) is 23.0 Å². The third-order valence-corrected chi connectivity index (χ3v) is 2.80. The first-order valence-corrected chi connectivity index (χ1v) is 5.72. The van der Waals surface area contributed by atoms with Crippen LogP contribution in [-0.4, -0.2) is 28.4 Å². The zero-order valence-electron chi connectivity index (χ0n) is 10.5. The lowest BCUT2D eigenvalue weighted by Crippen LogP contribution is -1.95. The van der Waals surface area contributed by atoms with Crippen molar-refractivity contribution in [1.29, 1.82) is 0 Å². The highest BCUT2D eigenvalue weighted by Crippen LogP contribution is 2.33. The molecule has 1 aromatic carbocycles. The number of aromatic amines is 1. The summed E-state index contributed by atoms with van der Waals surface area (Å²) in [4.78, 5) is 10.8. The van der Waals surface area contributed by atoms with Gasteiger partial charge in [0.05, 0.1) is 12.8 Å². The summed E-state index contributed by atoms with van der Waals surface area (Å²) < 4.78 is 18.9. The molecule has 0 spiro atoms. The van der Waals surface area contributed by atoms with E-state index in [9.17, 15) is 9.18 Å². The Bertz CT molecular complexity index is 622. The SMILES string of the molecule is CCc1cc(F)c(OC)c(-c2cc(C(=O)O)[nH]n2)c1. The van der Waals surface area contributed by atoms with Gasteiger partial charge >= 0.3 is 5.97 Å². The summed E-state index contributed by atoms with van der Waals surface area (Å²) >= 11 is 0. The molecule has 0 saturated heterocycles. The number of nitrogens with zero attached hydrogens (tertiary/aromatic N) is 1. The highest BCUT2D eigenvalue weighted by Gasteiger charge is 2.17. The summed E-state index contributed by atoms with van der Waals surface area (Å²) in [5.74, 6) is -1.55. The van der Waals surface area contributed by atoms with Crippen molar-refractivity contribution in [1.82, 2.24) is 10.2 Å². The molecule has 0 radical (unpaired) electrons. The molecule has 2 rings (SSSR count). The molecule has 1 aromatic heterocycles. The van der Waals surface area contributed by atoms with Crippen molar-refractivity contribution in [2.24, 2.45) is 0 Å². The van der Waals surface area contributed by atoms with Crippen molar-refractivity contribution in [3.05, 3.63) is 35.3 Å². The van der Waals surface area contributed by atoms with Gasteiger partial charge in [0.2, 0.25) is 0 Å². The molecule has 2 aromatic rings. The Kier molecular flexibility index (Phi) is 3.50. The summed E-state index contributed by atoms with van der Waals surface area (Å²) in [5.41, 5.74) is 1.50. The van der Waals surface area contributed by atoms with Crippen LogP contribution in [0, 0.1) is 5.82 Å². The van der Waals surface area contributed by atoms with E-state index in [2.05, 4.69) is 10.2 Å². The summed E-state index contributed by atoms with van der Waals surface area (Å²) in [7, 11) is 1.36. The molecule has 0 aliphatic heterocycles. The Morgan fingerprint density at radius 3 is 2.74 bits per heavy atom. The predicted octanol–water partition coefficient (Wildman–Crippen LogP) is 2.48. The lowest BCUT2D eigenvalue weighted by molar-refractivity contribution is 0.0690. The number of rotatable bonds is 4. The Morgan fingerprint density at radius 2 is 2.21 bits per heavy atom. The second kappa shape index (κ2) is 5.09. The summed E-state index contributed by atoms with van der Waals surface area (Å²) in [5, 5.41) is 15.1. The number of hydrogen-bond donors (Lipinski definition) is 2. The number of nitrogens with one attached hydrogen (secondary N) is 1. The average Bonchev–Trinajstić information content (AvgIpc) is 2.87.